The average molecular weight is 398 g/mol. The zero-order chi connectivity index (χ0) is 19.5. The quantitative estimate of drug-likeness (QED) is 0.780. The van der Waals surface area contributed by atoms with Crippen LogP contribution in [-0.4, -0.2) is 33.8 Å². The first-order valence-electron chi connectivity index (χ1n) is 10.2. The molecule has 1 aromatic carbocycles. The number of nitrogens with one attached hydrogen (secondary N) is 1. The molecule has 2 aromatic rings. The predicted octanol–water partition coefficient (Wildman–Crippen LogP) is 4.51. The largest absolute Gasteiger partial charge is 0.336 e. The highest BCUT2D eigenvalue weighted by molar-refractivity contribution is 7.14. The van der Waals surface area contributed by atoms with E-state index in [9.17, 15) is 9.59 Å². The smallest absolute Gasteiger partial charge is 0.257 e. The van der Waals surface area contributed by atoms with Gasteiger partial charge >= 0.3 is 0 Å². The molecular formula is C22H27N3O2S. The summed E-state index contributed by atoms with van der Waals surface area (Å²) in [7, 11) is 0. The van der Waals surface area contributed by atoms with Gasteiger partial charge in [-0.05, 0) is 56.6 Å². The number of anilines is 1. The summed E-state index contributed by atoms with van der Waals surface area (Å²) in [6.07, 6.45) is 7.26. The molecule has 0 aliphatic heterocycles. The number of thiazole rings is 1. The third kappa shape index (κ3) is 4.61. The SMILES string of the molecule is CC1CCC(N(C(=O)Cc2csc(NC(=O)c3ccccc3)n2)C2CC2)CC1. The number of rotatable bonds is 6. The molecule has 0 spiro atoms. The fourth-order valence-corrected chi connectivity index (χ4v) is 4.73. The van der Waals surface area contributed by atoms with Crippen molar-refractivity contribution in [2.75, 3.05) is 5.32 Å². The number of aromatic nitrogens is 1. The highest BCUT2D eigenvalue weighted by Crippen LogP contribution is 2.35. The van der Waals surface area contributed by atoms with Crippen molar-refractivity contribution < 1.29 is 9.59 Å². The Labute approximate surface area is 170 Å². The van der Waals surface area contributed by atoms with Gasteiger partial charge in [0.05, 0.1) is 12.1 Å². The molecule has 0 saturated heterocycles. The minimum Gasteiger partial charge on any atom is -0.336 e. The predicted molar refractivity (Wildman–Crippen MR) is 112 cm³/mol. The first kappa shape index (κ1) is 19.1. The van der Waals surface area contributed by atoms with Crippen LogP contribution in [0.5, 0.6) is 0 Å². The second-order valence-corrected chi connectivity index (χ2v) is 8.94. The normalized spacial score (nSPS) is 21.9. The van der Waals surface area contributed by atoms with Crippen LogP contribution in [0.25, 0.3) is 0 Å². The summed E-state index contributed by atoms with van der Waals surface area (Å²) in [5.41, 5.74) is 1.34. The van der Waals surface area contributed by atoms with E-state index in [0.717, 1.165) is 37.3 Å². The lowest BCUT2D eigenvalue weighted by Gasteiger charge is -2.36. The molecule has 0 unspecified atom stereocenters. The first-order valence-corrected chi connectivity index (χ1v) is 11.1. The summed E-state index contributed by atoms with van der Waals surface area (Å²) >= 11 is 1.37. The van der Waals surface area contributed by atoms with Crippen LogP contribution in [0.4, 0.5) is 5.13 Å². The fourth-order valence-electron chi connectivity index (χ4n) is 4.03. The van der Waals surface area contributed by atoms with Crippen molar-refractivity contribution in [3.8, 4) is 0 Å². The summed E-state index contributed by atoms with van der Waals surface area (Å²) in [4.78, 5) is 31.9. The molecule has 1 heterocycles. The van der Waals surface area contributed by atoms with E-state index in [4.69, 9.17) is 0 Å². The van der Waals surface area contributed by atoms with Gasteiger partial charge in [-0.15, -0.1) is 11.3 Å². The highest BCUT2D eigenvalue weighted by Gasteiger charge is 2.38. The number of benzene rings is 1. The molecule has 0 radical (unpaired) electrons. The lowest BCUT2D eigenvalue weighted by atomic mass is 9.86. The lowest BCUT2D eigenvalue weighted by Crippen LogP contribution is -2.44. The molecule has 1 aromatic heterocycles. The summed E-state index contributed by atoms with van der Waals surface area (Å²) in [5, 5.41) is 5.25. The molecule has 2 fully saturated rings. The maximum Gasteiger partial charge on any atom is 0.257 e. The topological polar surface area (TPSA) is 62.3 Å². The molecule has 4 rings (SSSR count). The molecule has 0 atom stereocenters. The Balaban J connectivity index is 1.37. The molecule has 2 amide bonds. The molecule has 1 N–H and O–H groups in total. The maximum absolute atomic E-state index is 13.0. The minimum atomic E-state index is -0.177. The molecule has 2 aliphatic carbocycles. The Morgan fingerprint density at radius 1 is 1.07 bits per heavy atom. The van der Waals surface area contributed by atoms with Crippen molar-refractivity contribution in [2.24, 2.45) is 5.92 Å². The van der Waals surface area contributed by atoms with E-state index in [2.05, 4.69) is 22.1 Å². The monoisotopic (exact) mass is 397 g/mol. The number of carbonyl (C=O) groups is 2. The van der Waals surface area contributed by atoms with Gasteiger partial charge in [0, 0.05) is 23.0 Å². The molecule has 28 heavy (non-hydrogen) atoms. The van der Waals surface area contributed by atoms with Gasteiger partial charge in [-0.25, -0.2) is 4.98 Å². The number of amides is 2. The van der Waals surface area contributed by atoms with Crippen molar-refractivity contribution in [2.45, 2.75) is 64.0 Å². The summed E-state index contributed by atoms with van der Waals surface area (Å²) in [6, 6.07) is 9.91. The highest BCUT2D eigenvalue weighted by atomic mass is 32.1. The molecule has 0 bridgehead atoms. The average Bonchev–Trinajstić information content (AvgIpc) is 3.44. The minimum absolute atomic E-state index is 0.177. The van der Waals surface area contributed by atoms with Crippen LogP contribution in [0.3, 0.4) is 0 Å². The standard InChI is InChI=1S/C22H27N3O2S/c1-15-7-9-18(10-8-15)25(19-11-12-19)20(26)13-17-14-28-22(23-17)24-21(27)16-5-3-2-4-6-16/h2-6,14-15,18-19H,7-13H2,1H3,(H,23,24,27). The van der Waals surface area contributed by atoms with E-state index < -0.39 is 0 Å². The molecule has 6 heteroatoms. The summed E-state index contributed by atoms with van der Waals surface area (Å²) < 4.78 is 0. The van der Waals surface area contributed by atoms with Crippen LogP contribution < -0.4 is 5.32 Å². The molecule has 148 valence electrons. The van der Waals surface area contributed by atoms with Gasteiger partial charge in [-0.3, -0.25) is 14.9 Å². The lowest BCUT2D eigenvalue weighted by molar-refractivity contribution is -0.134. The number of nitrogens with zero attached hydrogens (tertiary/aromatic N) is 2. The Kier molecular flexibility index (Phi) is 5.76. The van der Waals surface area contributed by atoms with Crippen molar-refractivity contribution >= 4 is 28.3 Å². The van der Waals surface area contributed by atoms with Crippen molar-refractivity contribution in [1.29, 1.82) is 0 Å². The van der Waals surface area contributed by atoms with Crippen LogP contribution in [0.2, 0.25) is 0 Å². The van der Waals surface area contributed by atoms with Crippen molar-refractivity contribution in [3.05, 3.63) is 47.0 Å². The van der Waals surface area contributed by atoms with E-state index in [0.29, 0.717) is 29.2 Å². The maximum atomic E-state index is 13.0. The Morgan fingerprint density at radius 2 is 1.71 bits per heavy atom. The second-order valence-electron chi connectivity index (χ2n) is 8.09. The Morgan fingerprint density at radius 3 is 2.36 bits per heavy atom. The van der Waals surface area contributed by atoms with Gasteiger partial charge in [0.15, 0.2) is 5.13 Å². The molecule has 2 saturated carbocycles. The van der Waals surface area contributed by atoms with E-state index in [-0.39, 0.29) is 11.8 Å². The summed E-state index contributed by atoms with van der Waals surface area (Å²) in [6.45, 7) is 2.31. The van der Waals surface area contributed by atoms with Crippen molar-refractivity contribution in [3.63, 3.8) is 0 Å². The van der Waals surface area contributed by atoms with Gasteiger partial charge < -0.3 is 4.90 Å². The molecule has 2 aliphatic rings. The third-order valence-corrected chi connectivity index (χ3v) is 6.55. The van der Waals surface area contributed by atoms with Crippen LogP contribution in [0.1, 0.15) is 61.5 Å². The van der Waals surface area contributed by atoms with Crippen LogP contribution in [-0.2, 0) is 11.2 Å². The fraction of sp³-hybridized carbons (Fsp3) is 0.500. The number of carbonyl (C=O) groups excluding carboxylic acids is 2. The van der Waals surface area contributed by atoms with Gasteiger partial charge in [0.1, 0.15) is 0 Å². The van der Waals surface area contributed by atoms with Gasteiger partial charge in [0.2, 0.25) is 5.91 Å². The van der Waals surface area contributed by atoms with Crippen LogP contribution in [0, 0.1) is 5.92 Å². The van der Waals surface area contributed by atoms with Crippen LogP contribution >= 0.6 is 11.3 Å². The van der Waals surface area contributed by atoms with Gasteiger partial charge in [0.25, 0.3) is 5.91 Å². The van der Waals surface area contributed by atoms with Gasteiger partial charge in [-0.1, -0.05) is 25.1 Å². The Hall–Kier alpha value is -2.21. The Bertz CT molecular complexity index is 823. The zero-order valence-corrected chi connectivity index (χ0v) is 17.1. The van der Waals surface area contributed by atoms with E-state index in [1.165, 1.54) is 24.2 Å². The number of hydrogen-bond acceptors (Lipinski definition) is 4. The third-order valence-electron chi connectivity index (χ3n) is 5.75. The molecule has 5 nitrogen and oxygen atoms in total. The first-order chi connectivity index (χ1) is 13.6. The van der Waals surface area contributed by atoms with Gasteiger partial charge in [-0.2, -0.15) is 0 Å². The van der Waals surface area contributed by atoms with E-state index >= 15 is 0 Å². The van der Waals surface area contributed by atoms with Crippen LogP contribution in [0.15, 0.2) is 35.7 Å². The number of hydrogen-bond donors (Lipinski definition) is 1. The zero-order valence-electron chi connectivity index (χ0n) is 16.3. The van der Waals surface area contributed by atoms with E-state index in [1.807, 2.05) is 23.6 Å². The van der Waals surface area contributed by atoms with E-state index in [1.54, 1.807) is 12.1 Å². The van der Waals surface area contributed by atoms with Crippen molar-refractivity contribution in [1.82, 2.24) is 9.88 Å². The summed E-state index contributed by atoms with van der Waals surface area (Å²) in [5.74, 6) is 0.791. The second kappa shape index (κ2) is 8.43. The molecular weight excluding hydrogens is 370 g/mol.